The second-order valence-electron chi connectivity index (χ2n) is 18.0. The Morgan fingerprint density at radius 1 is 0.574 bits per heavy atom. The van der Waals surface area contributed by atoms with Crippen LogP contribution >= 0.6 is 0 Å². The van der Waals surface area contributed by atoms with Crippen LogP contribution in [0.5, 0.6) is 0 Å². The molecule has 0 aromatic rings. The molecule has 1 rings (SSSR count). The van der Waals surface area contributed by atoms with Crippen LogP contribution in [0.25, 0.3) is 0 Å². The highest BCUT2D eigenvalue weighted by molar-refractivity contribution is 5.76. The maximum atomic E-state index is 12.9. The number of unbranched alkanes of at least 4 members (excludes halogenated alkanes) is 30. The van der Waals surface area contributed by atoms with E-state index in [4.69, 9.17) is 9.47 Å². The standard InChI is InChI=1S/C52H97NO8/c1-3-5-7-9-11-13-14-15-16-17-18-19-20-21-22-23-24-25-26-27-28-29-30-31-32-34-36-38-40-42-48(56)53-45(46(55)41-39-37-35-33-12-10-8-6-4-2)44-60-52-51(59)50(58)49(57)47(43-54)61-52/h4,6,12,33,39,41,45-47,49-52,54-55,57-59H,3,5,7-11,13-32,34-38,40,42-44H2,1-2H3,(H,53,56)/b6-4+,33-12+,41-39+. The number of ether oxygens (including phenoxy) is 2. The van der Waals surface area contributed by atoms with Gasteiger partial charge in [-0.25, -0.2) is 0 Å². The van der Waals surface area contributed by atoms with Crippen LogP contribution in [-0.4, -0.2) is 87.5 Å². The van der Waals surface area contributed by atoms with Crippen molar-refractivity contribution in [2.45, 2.75) is 275 Å². The first kappa shape index (κ1) is 57.4. The Morgan fingerprint density at radius 2 is 0.967 bits per heavy atom. The monoisotopic (exact) mass is 864 g/mol. The fraction of sp³-hybridized carbons (Fsp3) is 0.865. The van der Waals surface area contributed by atoms with Gasteiger partial charge in [0.2, 0.25) is 5.91 Å². The van der Waals surface area contributed by atoms with Gasteiger partial charge in [0.25, 0.3) is 0 Å². The summed E-state index contributed by atoms with van der Waals surface area (Å²) in [6, 6.07) is -0.823. The van der Waals surface area contributed by atoms with Crippen molar-refractivity contribution in [1.82, 2.24) is 5.32 Å². The van der Waals surface area contributed by atoms with E-state index < -0.39 is 49.5 Å². The van der Waals surface area contributed by atoms with Gasteiger partial charge in [-0.3, -0.25) is 4.79 Å². The summed E-state index contributed by atoms with van der Waals surface area (Å²) in [5.41, 5.74) is 0. The second-order valence-corrected chi connectivity index (χ2v) is 18.0. The van der Waals surface area contributed by atoms with Crippen molar-refractivity contribution in [1.29, 1.82) is 0 Å². The van der Waals surface area contributed by atoms with Crippen molar-refractivity contribution in [3.8, 4) is 0 Å². The van der Waals surface area contributed by atoms with Gasteiger partial charge in [-0.1, -0.05) is 223 Å². The summed E-state index contributed by atoms with van der Waals surface area (Å²) in [7, 11) is 0. The van der Waals surface area contributed by atoms with Crippen molar-refractivity contribution < 1.29 is 39.8 Å². The molecule has 0 radical (unpaired) electrons. The lowest BCUT2D eigenvalue weighted by Gasteiger charge is -2.40. The Balaban J connectivity index is 2.11. The average molecular weight is 864 g/mol. The first-order valence-corrected chi connectivity index (χ1v) is 25.7. The van der Waals surface area contributed by atoms with Gasteiger partial charge in [0.1, 0.15) is 24.4 Å². The second kappa shape index (κ2) is 42.4. The molecule has 0 aromatic heterocycles. The maximum absolute atomic E-state index is 12.9. The molecule has 1 aliphatic rings. The van der Waals surface area contributed by atoms with Crippen LogP contribution in [0.1, 0.15) is 232 Å². The number of hydrogen-bond donors (Lipinski definition) is 6. The molecular weight excluding hydrogens is 767 g/mol. The Bertz CT molecular complexity index is 1050. The van der Waals surface area contributed by atoms with Gasteiger partial charge >= 0.3 is 0 Å². The van der Waals surface area contributed by atoms with E-state index in [0.717, 1.165) is 44.9 Å². The Hall–Kier alpha value is -1.59. The number of allylic oxidation sites excluding steroid dienone is 5. The van der Waals surface area contributed by atoms with Gasteiger partial charge in [-0.2, -0.15) is 0 Å². The number of nitrogens with one attached hydrogen (secondary N) is 1. The third-order valence-corrected chi connectivity index (χ3v) is 12.3. The molecule has 0 saturated carbocycles. The van der Waals surface area contributed by atoms with E-state index in [2.05, 4.69) is 30.5 Å². The van der Waals surface area contributed by atoms with Gasteiger partial charge in [-0.15, -0.1) is 0 Å². The molecule has 9 nitrogen and oxygen atoms in total. The van der Waals surface area contributed by atoms with Gasteiger partial charge in [0.05, 0.1) is 25.4 Å². The predicted octanol–water partition coefficient (Wildman–Crippen LogP) is 11.6. The molecule has 0 aliphatic carbocycles. The molecule has 0 spiro atoms. The minimum atomic E-state index is -1.57. The Labute approximate surface area is 374 Å². The van der Waals surface area contributed by atoms with Crippen molar-refractivity contribution in [3.05, 3.63) is 36.5 Å². The highest BCUT2D eigenvalue weighted by Gasteiger charge is 2.44. The molecule has 0 aromatic carbocycles. The number of aliphatic hydroxyl groups is 5. The van der Waals surface area contributed by atoms with E-state index in [-0.39, 0.29) is 12.5 Å². The molecule has 9 heteroatoms. The van der Waals surface area contributed by atoms with Crippen LogP contribution in [0, 0.1) is 0 Å². The Morgan fingerprint density at radius 3 is 1.38 bits per heavy atom. The summed E-state index contributed by atoms with van der Waals surface area (Å²) in [6.45, 7) is 3.53. The first-order chi connectivity index (χ1) is 29.8. The summed E-state index contributed by atoms with van der Waals surface area (Å²) < 4.78 is 11.2. The van der Waals surface area contributed by atoms with E-state index in [1.54, 1.807) is 6.08 Å². The molecular formula is C52H97NO8. The van der Waals surface area contributed by atoms with E-state index >= 15 is 0 Å². The van der Waals surface area contributed by atoms with Gasteiger partial charge in [0, 0.05) is 6.42 Å². The van der Waals surface area contributed by atoms with Gasteiger partial charge in [0.15, 0.2) is 6.29 Å². The minimum Gasteiger partial charge on any atom is -0.394 e. The molecule has 7 unspecified atom stereocenters. The number of carbonyl (C=O) groups is 1. The van der Waals surface area contributed by atoms with Crippen molar-refractivity contribution in [2.75, 3.05) is 13.2 Å². The molecule has 61 heavy (non-hydrogen) atoms. The fourth-order valence-electron chi connectivity index (χ4n) is 8.20. The molecule has 1 heterocycles. The zero-order valence-electron chi connectivity index (χ0n) is 39.4. The summed E-state index contributed by atoms with van der Waals surface area (Å²) in [5, 5.41) is 54.0. The third kappa shape index (κ3) is 32.7. The van der Waals surface area contributed by atoms with Crippen molar-refractivity contribution >= 4 is 5.91 Å². The predicted molar refractivity (Wildman–Crippen MR) is 253 cm³/mol. The largest absolute Gasteiger partial charge is 0.394 e. The quantitative estimate of drug-likeness (QED) is 0.0262. The van der Waals surface area contributed by atoms with Crippen molar-refractivity contribution in [3.63, 3.8) is 0 Å². The highest BCUT2D eigenvalue weighted by Crippen LogP contribution is 2.23. The number of hydrogen-bond acceptors (Lipinski definition) is 8. The summed E-state index contributed by atoms with van der Waals surface area (Å²) in [6.07, 6.45) is 46.8. The molecule has 1 fully saturated rings. The van der Waals surface area contributed by atoms with Crippen LogP contribution in [0.15, 0.2) is 36.5 Å². The van der Waals surface area contributed by atoms with E-state index in [1.165, 1.54) is 167 Å². The lowest BCUT2D eigenvalue weighted by Crippen LogP contribution is -2.60. The van der Waals surface area contributed by atoms with Gasteiger partial charge < -0.3 is 40.3 Å². The summed E-state index contributed by atoms with van der Waals surface area (Å²) >= 11 is 0. The summed E-state index contributed by atoms with van der Waals surface area (Å²) in [5.74, 6) is -0.191. The average Bonchev–Trinajstić information content (AvgIpc) is 3.26. The number of aliphatic hydroxyl groups excluding tert-OH is 5. The molecule has 6 N–H and O–H groups in total. The number of rotatable bonds is 43. The molecule has 358 valence electrons. The lowest BCUT2D eigenvalue weighted by atomic mass is 9.99. The van der Waals surface area contributed by atoms with E-state index in [0.29, 0.717) is 6.42 Å². The third-order valence-electron chi connectivity index (χ3n) is 12.3. The number of carbonyl (C=O) groups excluding carboxylic acids is 1. The number of amides is 1. The normalized spacial score (nSPS) is 20.7. The fourth-order valence-corrected chi connectivity index (χ4v) is 8.20. The smallest absolute Gasteiger partial charge is 0.220 e. The molecule has 7 atom stereocenters. The van der Waals surface area contributed by atoms with E-state index in [9.17, 15) is 30.3 Å². The summed E-state index contributed by atoms with van der Waals surface area (Å²) in [4.78, 5) is 12.9. The first-order valence-electron chi connectivity index (χ1n) is 25.7. The Kier molecular flexibility index (Phi) is 39.9. The zero-order chi connectivity index (χ0) is 44.4. The molecule has 0 bridgehead atoms. The van der Waals surface area contributed by atoms with Crippen LogP contribution in [0.4, 0.5) is 0 Å². The SMILES string of the molecule is C/C=C/CC/C=C/CC/C=C/C(O)C(COC1OC(CO)C(O)C(O)C1O)NC(=O)CCCCCCCCCCCCCCCCCCCCCCCCCCCCCCC. The van der Waals surface area contributed by atoms with Crippen LogP contribution in [0.3, 0.4) is 0 Å². The molecule has 1 saturated heterocycles. The lowest BCUT2D eigenvalue weighted by molar-refractivity contribution is -0.302. The maximum Gasteiger partial charge on any atom is 0.220 e. The van der Waals surface area contributed by atoms with Crippen LogP contribution < -0.4 is 5.32 Å². The van der Waals surface area contributed by atoms with Crippen molar-refractivity contribution in [2.24, 2.45) is 0 Å². The molecule has 1 amide bonds. The minimum absolute atomic E-state index is 0.191. The molecule has 1 aliphatic heterocycles. The zero-order valence-corrected chi connectivity index (χ0v) is 39.4. The van der Waals surface area contributed by atoms with Crippen LogP contribution in [-0.2, 0) is 14.3 Å². The topological polar surface area (TPSA) is 149 Å². The van der Waals surface area contributed by atoms with Gasteiger partial charge in [-0.05, 0) is 39.0 Å². The van der Waals surface area contributed by atoms with Crippen LogP contribution in [0.2, 0.25) is 0 Å². The highest BCUT2D eigenvalue weighted by atomic mass is 16.7. The van der Waals surface area contributed by atoms with E-state index in [1.807, 2.05) is 19.1 Å².